The molecule has 0 aliphatic carbocycles. The van der Waals surface area contributed by atoms with Gasteiger partial charge in [0.05, 0.1) is 0 Å². The van der Waals surface area contributed by atoms with Crippen molar-refractivity contribution in [3.63, 3.8) is 0 Å². The summed E-state index contributed by atoms with van der Waals surface area (Å²) < 4.78 is 5.79. The Bertz CT molecular complexity index is 658. The first kappa shape index (κ1) is 18.8. The number of nitrogens with one attached hydrogen (secondary N) is 1. The zero-order chi connectivity index (χ0) is 17.9. The molecule has 0 saturated carbocycles. The van der Waals surface area contributed by atoms with Gasteiger partial charge in [-0.2, -0.15) is 0 Å². The van der Waals surface area contributed by atoms with E-state index < -0.39 is 0 Å². The predicted octanol–water partition coefficient (Wildman–Crippen LogP) is 3.47. The second-order valence-corrected chi connectivity index (χ2v) is 5.95. The normalized spacial score (nSPS) is 11.2. The van der Waals surface area contributed by atoms with Gasteiger partial charge >= 0.3 is 0 Å². The molecule has 134 valence electrons. The Hall–Kier alpha value is -2.56. The molecule has 0 saturated heterocycles. The lowest BCUT2D eigenvalue weighted by Crippen LogP contribution is -2.38. The van der Waals surface area contributed by atoms with Crippen LogP contribution in [0.25, 0.3) is 0 Å². The Labute approximate surface area is 150 Å². The highest BCUT2D eigenvalue weighted by Gasteiger charge is 2.06. The van der Waals surface area contributed by atoms with Gasteiger partial charge in [-0.1, -0.05) is 43.7 Å². The van der Waals surface area contributed by atoms with Crippen LogP contribution in [0.5, 0.6) is 5.88 Å². The molecule has 5 nitrogen and oxygen atoms in total. The summed E-state index contributed by atoms with van der Waals surface area (Å²) in [5, 5.41) is 3.39. The Balaban J connectivity index is 1.88. The van der Waals surface area contributed by atoms with Crippen LogP contribution in [0.1, 0.15) is 30.9 Å². The van der Waals surface area contributed by atoms with Crippen LogP contribution in [0.4, 0.5) is 0 Å². The Morgan fingerprint density at radius 3 is 2.72 bits per heavy atom. The quantitative estimate of drug-likeness (QED) is 0.590. The van der Waals surface area contributed by atoms with Crippen LogP contribution in [0.3, 0.4) is 0 Å². The average molecular weight is 340 g/mol. The maximum Gasteiger partial charge on any atom is 0.213 e. The summed E-state index contributed by atoms with van der Waals surface area (Å²) in [4.78, 5) is 10.8. The van der Waals surface area contributed by atoms with Crippen molar-refractivity contribution >= 4 is 5.96 Å². The molecule has 0 atom stereocenters. The maximum absolute atomic E-state index is 5.79. The first-order chi connectivity index (χ1) is 12.2. The van der Waals surface area contributed by atoms with E-state index in [-0.39, 0.29) is 0 Å². The fraction of sp³-hybridized carbons (Fsp3) is 0.400. The highest BCUT2D eigenvalue weighted by molar-refractivity contribution is 5.79. The molecule has 0 spiro atoms. The largest absolute Gasteiger partial charge is 0.473 e. The third-order valence-electron chi connectivity index (χ3n) is 3.90. The lowest BCUT2D eigenvalue weighted by molar-refractivity contribution is 0.293. The van der Waals surface area contributed by atoms with Gasteiger partial charge in [0.2, 0.25) is 5.88 Å². The fourth-order valence-electron chi connectivity index (χ4n) is 2.44. The van der Waals surface area contributed by atoms with E-state index in [9.17, 15) is 0 Å². The molecular weight excluding hydrogens is 312 g/mol. The third kappa shape index (κ3) is 6.45. The molecule has 0 amide bonds. The molecule has 1 N–H and O–H groups in total. The number of hydrogen-bond donors (Lipinski definition) is 1. The monoisotopic (exact) mass is 340 g/mol. The van der Waals surface area contributed by atoms with Crippen molar-refractivity contribution < 1.29 is 4.74 Å². The predicted molar refractivity (Wildman–Crippen MR) is 103 cm³/mol. The summed E-state index contributed by atoms with van der Waals surface area (Å²) in [5.74, 6) is 1.54. The SMILES string of the molecule is CCCCN(C)C(=NC)NCc1ccnc(OCc2ccccc2)c1. The highest BCUT2D eigenvalue weighted by atomic mass is 16.5. The summed E-state index contributed by atoms with van der Waals surface area (Å²) in [6.45, 7) is 4.40. The van der Waals surface area contributed by atoms with Gasteiger partial charge in [-0.05, 0) is 23.6 Å². The van der Waals surface area contributed by atoms with Gasteiger partial charge in [0, 0.05) is 39.4 Å². The van der Waals surface area contributed by atoms with Crippen LogP contribution >= 0.6 is 0 Å². The Morgan fingerprint density at radius 2 is 2.00 bits per heavy atom. The second-order valence-electron chi connectivity index (χ2n) is 5.95. The first-order valence-corrected chi connectivity index (χ1v) is 8.76. The summed E-state index contributed by atoms with van der Waals surface area (Å²) >= 11 is 0. The number of pyridine rings is 1. The number of ether oxygens (including phenoxy) is 1. The minimum absolute atomic E-state index is 0.520. The molecule has 0 radical (unpaired) electrons. The van der Waals surface area contributed by atoms with Gasteiger partial charge in [-0.3, -0.25) is 4.99 Å². The van der Waals surface area contributed by atoms with Crippen molar-refractivity contribution in [3.8, 4) is 5.88 Å². The van der Waals surface area contributed by atoms with E-state index in [0.29, 0.717) is 19.0 Å². The average Bonchev–Trinajstić information content (AvgIpc) is 2.66. The van der Waals surface area contributed by atoms with Gasteiger partial charge < -0.3 is 15.0 Å². The number of rotatable bonds is 8. The van der Waals surface area contributed by atoms with E-state index >= 15 is 0 Å². The van der Waals surface area contributed by atoms with E-state index in [1.165, 1.54) is 6.42 Å². The molecule has 0 unspecified atom stereocenters. The van der Waals surface area contributed by atoms with Crippen molar-refractivity contribution in [3.05, 3.63) is 59.8 Å². The van der Waals surface area contributed by atoms with Gasteiger partial charge in [0.1, 0.15) is 6.61 Å². The molecule has 25 heavy (non-hydrogen) atoms. The molecule has 1 aromatic carbocycles. The first-order valence-electron chi connectivity index (χ1n) is 8.76. The van der Waals surface area contributed by atoms with E-state index in [2.05, 4.69) is 34.2 Å². The van der Waals surface area contributed by atoms with Crippen LogP contribution in [0.2, 0.25) is 0 Å². The number of hydrogen-bond acceptors (Lipinski definition) is 3. The van der Waals surface area contributed by atoms with Crippen LogP contribution in [0, 0.1) is 0 Å². The van der Waals surface area contributed by atoms with Gasteiger partial charge in [0.25, 0.3) is 0 Å². The molecule has 0 fully saturated rings. The molecule has 2 aromatic rings. The number of nitrogens with zero attached hydrogens (tertiary/aromatic N) is 3. The highest BCUT2D eigenvalue weighted by Crippen LogP contribution is 2.12. The maximum atomic E-state index is 5.79. The number of unbranched alkanes of at least 4 members (excludes halogenated alkanes) is 1. The number of guanidine groups is 1. The molecule has 0 aliphatic rings. The number of aromatic nitrogens is 1. The lowest BCUT2D eigenvalue weighted by atomic mass is 10.2. The molecule has 5 heteroatoms. The van der Waals surface area contributed by atoms with Gasteiger partial charge in [-0.15, -0.1) is 0 Å². The van der Waals surface area contributed by atoms with Gasteiger partial charge in [0.15, 0.2) is 5.96 Å². The number of benzene rings is 1. The van der Waals surface area contributed by atoms with Gasteiger partial charge in [-0.25, -0.2) is 4.98 Å². The van der Waals surface area contributed by atoms with Crippen molar-refractivity contribution in [2.45, 2.75) is 32.9 Å². The Kier molecular flexibility index (Phi) is 7.76. The second kappa shape index (κ2) is 10.3. The molecule has 2 rings (SSSR count). The van der Waals surface area contributed by atoms with E-state index in [1.54, 1.807) is 6.20 Å². The smallest absolute Gasteiger partial charge is 0.213 e. The van der Waals surface area contributed by atoms with E-state index in [1.807, 2.05) is 49.5 Å². The third-order valence-corrected chi connectivity index (χ3v) is 3.90. The van der Waals surface area contributed by atoms with Crippen molar-refractivity contribution in [2.75, 3.05) is 20.6 Å². The molecule has 0 bridgehead atoms. The van der Waals surface area contributed by atoms with Crippen LogP contribution in [0.15, 0.2) is 53.7 Å². The lowest BCUT2D eigenvalue weighted by Gasteiger charge is -2.21. The molecular formula is C20H28N4O. The minimum Gasteiger partial charge on any atom is -0.473 e. The van der Waals surface area contributed by atoms with E-state index in [4.69, 9.17) is 4.74 Å². The standard InChI is InChI=1S/C20H28N4O/c1-4-5-13-24(3)20(21-2)23-15-18-11-12-22-19(14-18)25-16-17-9-7-6-8-10-17/h6-12,14H,4-5,13,15-16H2,1-3H3,(H,21,23). The Morgan fingerprint density at radius 1 is 1.20 bits per heavy atom. The zero-order valence-electron chi connectivity index (χ0n) is 15.4. The summed E-state index contributed by atoms with van der Waals surface area (Å²) in [6.07, 6.45) is 4.11. The topological polar surface area (TPSA) is 49.8 Å². The molecule has 1 aromatic heterocycles. The summed E-state index contributed by atoms with van der Waals surface area (Å²) in [7, 11) is 3.87. The van der Waals surface area contributed by atoms with E-state index in [0.717, 1.165) is 30.1 Å². The van der Waals surface area contributed by atoms with Crippen LogP contribution < -0.4 is 10.1 Å². The zero-order valence-corrected chi connectivity index (χ0v) is 15.4. The van der Waals surface area contributed by atoms with Crippen molar-refractivity contribution in [2.24, 2.45) is 4.99 Å². The van der Waals surface area contributed by atoms with Crippen LogP contribution in [-0.2, 0) is 13.2 Å². The van der Waals surface area contributed by atoms with Crippen molar-refractivity contribution in [1.82, 2.24) is 15.2 Å². The minimum atomic E-state index is 0.520. The fourth-order valence-corrected chi connectivity index (χ4v) is 2.44. The summed E-state index contributed by atoms with van der Waals surface area (Å²) in [5.41, 5.74) is 2.24. The molecule has 1 heterocycles. The number of aliphatic imine (C=N–C) groups is 1. The summed E-state index contributed by atoms with van der Waals surface area (Å²) in [6, 6.07) is 14.1. The van der Waals surface area contributed by atoms with Crippen LogP contribution in [-0.4, -0.2) is 36.5 Å². The van der Waals surface area contributed by atoms with Crippen molar-refractivity contribution in [1.29, 1.82) is 0 Å². The molecule has 0 aliphatic heterocycles.